The maximum absolute atomic E-state index is 12.6. The zero-order valence-electron chi connectivity index (χ0n) is 16.0. The molecule has 148 valence electrons. The van der Waals surface area contributed by atoms with Crippen molar-refractivity contribution in [1.29, 1.82) is 0 Å². The highest BCUT2D eigenvalue weighted by Crippen LogP contribution is 2.23. The van der Waals surface area contributed by atoms with Crippen LogP contribution in [0.2, 0.25) is 0 Å². The van der Waals surface area contributed by atoms with Crippen molar-refractivity contribution in [3.63, 3.8) is 0 Å². The lowest BCUT2D eigenvalue weighted by atomic mass is 10.2. The summed E-state index contributed by atoms with van der Waals surface area (Å²) >= 11 is 1.16. The van der Waals surface area contributed by atoms with Crippen molar-refractivity contribution in [3.8, 4) is 0 Å². The number of nitrogens with zero attached hydrogens (tertiary/aromatic N) is 1. The summed E-state index contributed by atoms with van der Waals surface area (Å²) in [6.07, 6.45) is 0. The molecule has 0 atom stereocenters. The van der Waals surface area contributed by atoms with Gasteiger partial charge in [-0.3, -0.25) is 9.59 Å². The number of carbonyl (C=O) groups is 3. The Balaban J connectivity index is 2.00. The molecule has 0 spiro atoms. The molecule has 0 radical (unpaired) electrons. The quantitative estimate of drug-likeness (QED) is 0.516. The number of thioether (sulfide) groups is 1. The Morgan fingerprint density at radius 2 is 1.68 bits per heavy atom. The predicted molar refractivity (Wildman–Crippen MR) is 109 cm³/mol. The second-order valence-electron chi connectivity index (χ2n) is 6.43. The van der Waals surface area contributed by atoms with Crippen LogP contribution in [0.3, 0.4) is 0 Å². The molecule has 0 aliphatic rings. The van der Waals surface area contributed by atoms with Crippen LogP contribution in [0.15, 0.2) is 59.5 Å². The Morgan fingerprint density at radius 1 is 1.04 bits per heavy atom. The Hall–Kier alpha value is -2.80. The highest BCUT2D eigenvalue weighted by Gasteiger charge is 2.20. The Kier molecular flexibility index (Phi) is 8.07. The van der Waals surface area contributed by atoms with E-state index in [0.717, 1.165) is 17.3 Å². The second-order valence-corrected chi connectivity index (χ2v) is 7.45. The molecule has 6 nitrogen and oxygen atoms in total. The minimum atomic E-state index is -0.607. The van der Waals surface area contributed by atoms with Gasteiger partial charge in [0.15, 0.2) is 6.61 Å². The summed E-state index contributed by atoms with van der Waals surface area (Å²) in [4.78, 5) is 38.3. The molecule has 0 bridgehead atoms. The lowest BCUT2D eigenvalue weighted by Crippen LogP contribution is -2.39. The summed E-state index contributed by atoms with van der Waals surface area (Å²) in [5.74, 6) is -1.29. The van der Waals surface area contributed by atoms with Crippen LogP contribution < -0.4 is 5.73 Å². The number of carbonyl (C=O) groups excluding carboxylic acids is 3. The molecule has 0 heterocycles. The van der Waals surface area contributed by atoms with Crippen molar-refractivity contribution in [2.24, 2.45) is 5.73 Å². The van der Waals surface area contributed by atoms with E-state index in [0.29, 0.717) is 17.0 Å². The second kappa shape index (κ2) is 10.5. The van der Waals surface area contributed by atoms with E-state index in [-0.39, 0.29) is 24.3 Å². The van der Waals surface area contributed by atoms with Gasteiger partial charge in [-0.25, -0.2) is 4.79 Å². The van der Waals surface area contributed by atoms with E-state index in [9.17, 15) is 14.4 Å². The third-order valence-electron chi connectivity index (χ3n) is 3.94. The van der Waals surface area contributed by atoms with Gasteiger partial charge in [0.25, 0.3) is 5.91 Å². The molecule has 0 unspecified atom stereocenters. The number of nitrogens with two attached hydrogens (primary N) is 1. The van der Waals surface area contributed by atoms with E-state index in [4.69, 9.17) is 10.5 Å². The molecule has 2 aromatic rings. The van der Waals surface area contributed by atoms with E-state index < -0.39 is 11.9 Å². The van der Waals surface area contributed by atoms with Crippen LogP contribution in [0.1, 0.15) is 29.8 Å². The van der Waals surface area contributed by atoms with Gasteiger partial charge in [-0.15, -0.1) is 11.8 Å². The summed E-state index contributed by atoms with van der Waals surface area (Å²) in [5, 5.41) is 0. The molecule has 0 saturated heterocycles. The average molecular weight is 401 g/mol. The number of hydrogen-bond donors (Lipinski definition) is 1. The third kappa shape index (κ3) is 6.42. The van der Waals surface area contributed by atoms with Crippen molar-refractivity contribution in [3.05, 3.63) is 65.7 Å². The van der Waals surface area contributed by atoms with E-state index in [1.807, 2.05) is 44.2 Å². The van der Waals surface area contributed by atoms with Gasteiger partial charge in [0.05, 0.1) is 11.3 Å². The number of hydrogen-bond acceptors (Lipinski definition) is 5. The number of amides is 2. The first-order chi connectivity index (χ1) is 13.4. The van der Waals surface area contributed by atoms with Crippen LogP contribution in [-0.2, 0) is 20.9 Å². The predicted octanol–water partition coefficient (Wildman–Crippen LogP) is 2.86. The van der Waals surface area contributed by atoms with Gasteiger partial charge in [-0.2, -0.15) is 0 Å². The van der Waals surface area contributed by atoms with Crippen molar-refractivity contribution >= 4 is 29.5 Å². The van der Waals surface area contributed by atoms with Gasteiger partial charge in [0.2, 0.25) is 5.91 Å². The van der Waals surface area contributed by atoms with E-state index in [1.165, 1.54) is 0 Å². The van der Waals surface area contributed by atoms with Crippen LogP contribution in [0.5, 0.6) is 0 Å². The molecule has 0 aliphatic carbocycles. The minimum Gasteiger partial charge on any atom is -0.452 e. The fraction of sp³-hybridized carbons (Fsp3) is 0.286. The zero-order valence-corrected chi connectivity index (χ0v) is 16.8. The largest absolute Gasteiger partial charge is 0.452 e. The van der Waals surface area contributed by atoms with Crippen LogP contribution >= 0.6 is 11.8 Å². The number of ether oxygens (including phenoxy) is 1. The Labute approximate surface area is 169 Å². The molecule has 2 rings (SSSR count). The Bertz CT molecular complexity index is 824. The van der Waals surface area contributed by atoms with Gasteiger partial charge < -0.3 is 15.4 Å². The molecule has 0 aromatic heterocycles. The lowest BCUT2D eigenvalue weighted by molar-refractivity contribution is -0.137. The van der Waals surface area contributed by atoms with Gasteiger partial charge in [0.1, 0.15) is 0 Å². The van der Waals surface area contributed by atoms with Crippen molar-refractivity contribution in [2.45, 2.75) is 31.3 Å². The van der Waals surface area contributed by atoms with Crippen LogP contribution in [0.4, 0.5) is 0 Å². The number of benzene rings is 2. The average Bonchev–Trinajstić information content (AvgIpc) is 2.69. The van der Waals surface area contributed by atoms with Gasteiger partial charge >= 0.3 is 5.97 Å². The summed E-state index contributed by atoms with van der Waals surface area (Å²) in [7, 11) is 0. The molecule has 28 heavy (non-hydrogen) atoms. The van der Waals surface area contributed by atoms with Crippen molar-refractivity contribution in [1.82, 2.24) is 4.90 Å². The molecule has 2 aromatic carbocycles. The first kappa shape index (κ1) is 21.5. The fourth-order valence-electron chi connectivity index (χ4n) is 2.54. The van der Waals surface area contributed by atoms with Crippen molar-refractivity contribution in [2.75, 3.05) is 12.4 Å². The smallest absolute Gasteiger partial charge is 0.339 e. The molecular weight excluding hydrogens is 376 g/mol. The number of rotatable bonds is 9. The summed E-state index contributed by atoms with van der Waals surface area (Å²) < 4.78 is 5.25. The normalized spacial score (nSPS) is 10.5. The van der Waals surface area contributed by atoms with E-state index in [2.05, 4.69) is 0 Å². The molecule has 0 aliphatic heterocycles. The topological polar surface area (TPSA) is 89.7 Å². The SMILES string of the molecule is CC(C)N(Cc1ccccc1)C(=O)COC(=O)c1ccccc1SCC(N)=O. The van der Waals surface area contributed by atoms with E-state index >= 15 is 0 Å². The summed E-state index contributed by atoms with van der Waals surface area (Å²) in [6, 6.07) is 16.4. The lowest BCUT2D eigenvalue weighted by Gasteiger charge is -2.26. The highest BCUT2D eigenvalue weighted by atomic mass is 32.2. The zero-order chi connectivity index (χ0) is 20.5. The van der Waals surface area contributed by atoms with Crippen LogP contribution in [0.25, 0.3) is 0 Å². The summed E-state index contributed by atoms with van der Waals surface area (Å²) in [6.45, 7) is 3.93. The molecule has 2 amide bonds. The number of esters is 1. The maximum atomic E-state index is 12.6. The first-order valence-corrected chi connectivity index (χ1v) is 9.87. The molecule has 7 heteroatoms. The molecule has 0 saturated carbocycles. The third-order valence-corrected chi connectivity index (χ3v) is 5.04. The van der Waals surface area contributed by atoms with Crippen LogP contribution in [0, 0.1) is 0 Å². The number of primary amides is 1. The molecular formula is C21H24N2O4S. The minimum absolute atomic E-state index is 0.0372. The first-order valence-electron chi connectivity index (χ1n) is 8.89. The highest BCUT2D eigenvalue weighted by molar-refractivity contribution is 8.00. The van der Waals surface area contributed by atoms with Crippen LogP contribution in [-0.4, -0.2) is 41.1 Å². The van der Waals surface area contributed by atoms with Gasteiger partial charge in [-0.1, -0.05) is 42.5 Å². The molecule has 2 N–H and O–H groups in total. The summed E-state index contributed by atoms with van der Waals surface area (Å²) in [5.41, 5.74) is 6.47. The Morgan fingerprint density at radius 3 is 2.32 bits per heavy atom. The van der Waals surface area contributed by atoms with Gasteiger partial charge in [-0.05, 0) is 31.5 Å². The monoisotopic (exact) mass is 400 g/mol. The molecule has 0 fully saturated rings. The standard InChI is InChI=1S/C21H24N2O4S/c1-15(2)23(12-16-8-4-3-5-9-16)20(25)13-27-21(26)17-10-6-7-11-18(17)28-14-19(22)24/h3-11,15H,12-14H2,1-2H3,(H2,22,24). The maximum Gasteiger partial charge on any atom is 0.339 e. The van der Waals surface area contributed by atoms with E-state index in [1.54, 1.807) is 29.2 Å². The fourth-order valence-corrected chi connectivity index (χ4v) is 3.32. The van der Waals surface area contributed by atoms with Crippen molar-refractivity contribution < 1.29 is 19.1 Å². The van der Waals surface area contributed by atoms with Gasteiger partial charge in [0, 0.05) is 17.5 Å².